The van der Waals surface area contributed by atoms with E-state index < -0.39 is 17.4 Å². The van der Waals surface area contributed by atoms with Crippen LogP contribution in [0.5, 0.6) is 5.75 Å². The lowest BCUT2D eigenvalue weighted by molar-refractivity contribution is -0.0637. The minimum absolute atomic E-state index is 0.0475. The van der Waals surface area contributed by atoms with Gasteiger partial charge in [0.15, 0.2) is 11.6 Å². The lowest BCUT2D eigenvalue weighted by Crippen LogP contribution is -2.49. The van der Waals surface area contributed by atoms with Gasteiger partial charge in [0.1, 0.15) is 5.60 Å². The Morgan fingerprint density at radius 3 is 2.38 bits per heavy atom. The van der Waals surface area contributed by atoms with Crippen LogP contribution in [-0.2, 0) is 0 Å². The SMILES string of the molecule is CC(C)(C)C1(Oc2cc(C(=O)O)ccc2F)CCCCC1. The van der Waals surface area contributed by atoms with Crippen molar-refractivity contribution in [1.82, 2.24) is 0 Å². The van der Waals surface area contributed by atoms with Crippen LogP contribution in [0.1, 0.15) is 63.2 Å². The van der Waals surface area contributed by atoms with Crippen molar-refractivity contribution in [2.45, 2.75) is 58.5 Å². The van der Waals surface area contributed by atoms with E-state index in [9.17, 15) is 9.18 Å². The quantitative estimate of drug-likeness (QED) is 0.882. The first kappa shape index (κ1) is 15.8. The zero-order chi connectivity index (χ0) is 15.7. The molecule has 2 rings (SSSR count). The van der Waals surface area contributed by atoms with Gasteiger partial charge < -0.3 is 9.84 Å². The third-order valence-corrected chi connectivity index (χ3v) is 4.51. The molecule has 1 N–H and O–H groups in total. The molecule has 21 heavy (non-hydrogen) atoms. The predicted molar refractivity (Wildman–Crippen MR) is 79.3 cm³/mol. The zero-order valence-corrected chi connectivity index (χ0v) is 12.9. The first-order valence-electron chi connectivity index (χ1n) is 7.47. The van der Waals surface area contributed by atoms with Crippen molar-refractivity contribution in [3.05, 3.63) is 29.6 Å². The average Bonchev–Trinajstić information content (AvgIpc) is 2.41. The lowest BCUT2D eigenvalue weighted by Gasteiger charge is -2.47. The average molecular weight is 294 g/mol. The number of hydrogen-bond donors (Lipinski definition) is 1. The highest BCUT2D eigenvalue weighted by molar-refractivity contribution is 5.88. The number of carboxylic acid groups (broad SMARTS) is 1. The van der Waals surface area contributed by atoms with E-state index in [0.29, 0.717) is 0 Å². The topological polar surface area (TPSA) is 46.5 Å². The summed E-state index contributed by atoms with van der Waals surface area (Å²) in [6.07, 6.45) is 5.01. The second kappa shape index (κ2) is 5.66. The summed E-state index contributed by atoms with van der Waals surface area (Å²) in [6.45, 7) is 6.28. The molecule has 1 saturated carbocycles. The minimum Gasteiger partial charge on any atom is -0.484 e. The number of halogens is 1. The molecule has 1 aliphatic carbocycles. The predicted octanol–water partition coefficient (Wildman–Crippen LogP) is 4.65. The summed E-state index contributed by atoms with van der Waals surface area (Å²) in [5.41, 5.74) is -0.534. The Hall–Kier alpha value is -1.58. The van der Waals surface area contributed by atoms with E-state index in [2.05, 4.69) is 20.8 Å². The van der Waals surface area contributed by atoms with Crippen molar-refractivity contribution in [3.63, 3.8) is 0 Å². The van der Waals surface area contributed by atoms with Crippen LogP contribution in [0.15, 0.2) is 18.2 Å². The number of carbonyl (C=O) groups is 1. The van der Waals surface area contributed by atoms with Gasteiger partial charge in [0, 0.05) is 5.41 Å². The van der Waals surface area contributed by atoms with Crippen LogP contribution >= 0.6 is 0 Å². The molecule has 1 aliphatic rings. The van der Waals surface area contributed by atoms with Gasteiger partial charge in [0.05, 0.1) is 5.56 Å². The maximum atomic E-state index is 14.0. The Kier molecular flexibility index (Phi) is 4.26. The summed E-state index contributed by atoms with van der Waals surface area (Å²) >= 11 is 0. The molecule has 0 amide bonds. The molecule has 0 atom stereocenters. The van der Waals surface area contributed by atoms with Crippen LogP contribution in [0, 0.1) is 11.2 Å². The number of rotatable bonds is 3. The van der Waals surface area contributed by atoms with Crippen molar-refractivity contribution < 1.29 is 19.0 Å². The van der Waals surface area contributed by atoms with Crippen LogP contribution in [-0.4, -0.2) is 16.7 Å². The second-order valence-electron chi connectivity index (χ2n) is 6.86. The van der Waals surface area contributed by atoms with Crippen molar-refractivity contribution in [2.24, 2.45) is 5.41 Å². The van der Waals surface area contributed by atoms with Gasteiger partial charge in [0.2, 0.25) is 0 Å². The molecule has 1 aromatic carbocycles. The Morgan fingerprint density at radius 2 is 1.86 bits per heavy atom. The molecule has 0 saturated heterocycles. The summed E-state index contributed by atoms with van der Waals surface area (Å²) < 4.78 is 20.1. The summed E-state index contributed by atoms with van der Waals surface area (Å²) in [6, 6.07) is 3.72. The number of ether oxygens (including phenoxy) is 1. The largest absolute Gasteiger partial charge is 0.484 e. The molecule has 1 fully saturated rings. The highest BCUT2D eigenvalue weighted by Crippen LogP contribution is 2.45. The van der Waals surface area contributed by atoms with Gasteiger partial charge in [-0.3, -0.25) is 0 Å². The molecule has 0 heterocycles. The standard InChI is InChI=1S/C17H23FO3/c1-16(2,3)17(9-5-4-6-10-17)21-14-11-12(15(19)20)7-8-13(14)18/h7-8,11H,4-6,9-10H2,1-3H3,(H,19,20). The van der Waals surface area contributed by atoms with Crippen LogP contribution in [0.3, 0.4) is 0 Å². The van der Waals surface area contributed by atoms with E-state index in [4.69, 9.17) is 9.84 Å². The zero-order valence-electron chi connectivity index (χ0n) is 12.9. The van der Waals surface area contributed by atoms with Crippen molar-refractivity contribution >= 4 is 5.97 Å². The highest BCUT2D eigenvalue weighted by atomic mass is 19.1. The molecule has 116 valence electrons. The van der Waals surface area contributed by atoms with E-state index in [1.807, 2.05) is 0 Å². The van der Waals surface area contributed by atoms with Gasteiger partial charge in [-0.15, -0.1) is 0 Å². The Morgan fingerprint density at radius 1 is 1.24 bits per heavy atom. The second-order valence-corrected chi connectivity index (χ2v) is 6.86. The Bertz CT molecular complexity index is 525. The Balaban J connectivity index is 2.37. The molecule has 0 spiro atoms. The fourth-order valence-electron chi connectivity index (χ4n) is 3.05. The first-order chi connectivity index (χ1) is 9.75. The van der Waals surface area contributed by atoms with Crippen LogP contribution < -0.4 is 4.74 Å². The maximum absolute atomic E-state index is 14.0. The van der Waals surface area contributed by atoms with Crippen molar-refractivity contribution in [3.8, 4) is 5.75 Å². The van der Waals surface area contributed by atoms with Gasteiger partial charge in [0.25, 0.3) is 0 Å². The first-order valence-corrected chi connectivity index (χ1v) is 7.47. The van der Waals surface area contributed by atoms with Crippen LogP contribution in [0.25, 0.3) is 0 Å². The number of aromatic carboxylic acids is 1. The lowest BCUT2D eigenvalue weighted by atomic mass is 9.68. The van der Waals surface area contributed by atoms with Crippen molar-refractivity contribution in [1.29, 1.82) is 0 Å². The van der Waals surface area contributed by atoms with Crippen LogP contribution in [0.2, 0.25) is 0 Å². The van der Waals surface area contributed by atoms with E-state index in [0.717, 1.165) is 31.7 Å². The van der Waals surface area contributed by atoms with E-state index in [1.165, 1.54) is 18.6 Å². The third kappa shape index (κ3) is 3.20. The summed E-state index contributed by atoms with van der Waals surface area (Å²) in [4.78, 5) is 11.1. The molecule has 0 radical (unpaired) electrons. The van der Waals surface area contributed by atoms with Gasteiger partial charge in [-0.1, -0.05) is 27.2 Å². The molecular formula is C17H23FO3. The van der Waals surface area contributed by atoms with Gasteiger partial charge in [-0.25, -0.2) is 9.18 Å². The summed E-state index contributed by atoms with van der Waals surface area (Å²) in [5, 5.41) is 9.05. The van der Waals surface area contributed by atoms with E-state index >= 15 is 0 Å². The van der Waals surface area contributed by atoms with E-state index in [1.54, 1.807) is 0 Å². The minimum atomic E-state index is -1.08. The van der Waals surface area contributed by atoms with Crippen molar-refractivity contribution in [2.75, 3.05) is 0 Å². The van der Waals surface area contributed by atoms with E-state index in [-0.39, 0.29) is 16.7 Å². The number of benzene rings is 1. The monoisotopic (exact) mass is 294 g/mol. The molecule has 3 nitrogen and oxygen atoms in total. The number of hydrogen-bond acceptors (Lipinski definition) is 2. The third-order valence-electron chi connectivity index (χ3n) is 4.51. The van der Waals surface area contributed by atoms with Gasteiger partial charge in [-0.05, 0) is 43.9 Å². The molecule has 1 aromatic rings. The summed E-state index contributed by atoms with van der Waals surface area (Å²) in [5.74, 6) is -1.53. The number of carboxylic acids is 1. The molecule has 0 bridgehead atoms. The molecule has 0 aromatic heterocycles. The molecule has 0 unspecified atom stereocenters. The summed E-state index contributed by atoms with van der Waals surface area (Å²) in [7, 11) is 0. The molecule has 4 heteroatoms. The van der Waals surface area contributed by atoms with Gasteiger partial charge in [-0.2, -0.15) is 0 Å². The molecule has 0 aliphatic heterocycles. The Labute approximate surface area is 125 Å². The normalized spacial score (nSPS) is 18.3. The smallest absolute Gasteiger partial charge is 0.335 e. The fourth-order valence-corrected chi connectivity index (χ4v) is 3.05. The fraction of sp³-hybridized carbons (Fsp3) is 0.588. The molecular weight excluding hydrogens is 271 g/mol. The van der Waals surface area contributed by atoms with Gasteiger partial charge >= 0.3 is 5.97 Å². The highest BCUT2D eigenvalue weighted by Gasteiger charge is 2.45. The maximum Gasteiger partial charge on any atom is 0.335 e. The van der Waals surface area contributed by atoms with Crippen LogP contribution in [0.4, 0.5) is 4.39 Å².